The Bertz CT molecular complexity index is 545. The molecule has 4 rings (SSSR count). The molecular weight excluding hydrogens is 264 g/mol. The molecule has 5 nitrogen and oxygen atoms in total. The number of nitrogens with one attached hydrogen (secondary N) is 3. The van der Waals surface area contributed by atoms with Gasteiger partial charge in [0.15, 0.2) is 0 Å². The van der Waals surface area contributed by atoms with Crippen molar-refractivity contribution in [2.24, 2.45) is 5.92 Å². The molecule has 2 fully saturated rings. The number of piperidine rings is 1. The standard InChI is InChI=1S/C16H22N4O/c21-15(12-9-18-19-10-12)20-7-5-16(6-8-20)11-17-14-4-2-1-3-13(14)16/h1-4,12,17-19H,5-11H2. The number of para-hydroxylation sites is 1. The van der Waals surface area contributed by atoms with E-state index in [1.807, 2.05) is 0 Å². The van der Waals surface area contributed by atoms with Gasteiger partial charge in [0.05, 0.1) is 5.92 Å². The number of rotatable bonds is 1. The van der Waals surface area contributed by atoms with E-state index in [1.54, 1.807) is 0 Å². The van der Waals surface area contributed by atoms with Gasteiger partial charge in [0, 0.05) is 43.8 Å². The summed E-state index contributed by atoms with van der Waals surface area (Å²) in [5.74, 6) is 0.412. The second kappa shape index (κ2) is 5.00. The zero-order chi connectivity index (χ0) is 14.3. The van der Waals surface area contributed by atoms with E-state index < -0.39 is 0 Å². The summed E-state index contributed by atoms with van der Waals surface area (Å²) < 4.78 is 0. The maximum atomic E-state index is 12.5. The second-order valence-corrected chi connectivity index (χ2v) is 6.46. The lowest BCUT2D eigenvalue weighted by Crippen LogP contribution is -2.48. The normalized spacial score (nSPS) is 24.1. The maximum Gasteiger partial charge on any atom is 0.228 e. The highest BCUT2D eigenvalue weighted by molar-refractivity contribution is 5.80. The molecule has 1 amide bonds. The first-order valence-corrected chi connectivity index (χ1v) is 7.86. The molecule has 3 heterocycles. The lowest BCUT2D eigenvalue weighted by molar-refractivity contribution is -0.136. The quantitative estimate of drug-likeness (QED) is 0.711. The molecule has 21 heavy (non-hydrogen) atoms. The van der Waals surface area contributed by atoms with Gasteiger partial charge in [-0.25, -0.2) is 0 Å². The Morgan fingerprint density at radius 1 is 1.14 bits per heavy atom. The van der Waals surface area contributed by atoms with Crippen molar-refractivity contribution >= 4 is 11.6 Å². The molecule has 2 saturated heterocycles. The van der Waals surface area contributed by atoms with Gasteiger partial charge in [0.2, 0.25) is 5.91 Å². The van der Waals surface area contributed by atoms with Crippen molar-refractivity contribution in [3.8, 4) is 0 Å². The van der Waals surface area contributed by atoms with Crippen LogP contribution in [0.2, 0.25) is 0 Å². The summed E-state index contributed by atoms with van der Waals surface area (Å²) in [5.41, 5.74) is 9.05. The average molecular weight is 286 g/mol. The van der Waals surface area contributed by atoms with Crippen LogP contribution >= 0.6 is 0 Å². The number of amides is 1. The van der Waals surface area contributed by atoms with E-state index in [-0.39, 0.29) is 11.3 Å². The number of hydrogen-bond donors (Lipinski definition) is 3. The summed E-state index contributed by atoms with van der Waals surface area (Å²) in [5, 5.41) is 3.54. The molecule has 3 N–H and O–H groups in total. The van der Waals surface area contributed by atoms with Crippen LogP contribution in [0.15, 0.2) is 24.3 Å². The smallest absolute Gasteiger partial charge is 0.228 e. The van der Waals surface area contributed by atoms with E-state index in [0.717, 1.165) is 45.6 Å². The highest BCUT2D eigenvalue weighted by atomic mass is 16.2. The second-order valence-electron chi connectivity index (χ2n) is 6.46. The van der Waals surface area contributed by atoms with Gasteiger partial charge < -0.3 is 10.2 Å². The van der Waals surface area contributed by atoms with E-state index >= 15 is 0 Å². The lowest BCUT2D eigenvalue weighted by atomic mass is 9.74. The molecule has 0 radical (unpaired) electrons. The van der Waals surface area contributed by atoms with Gasteiger partial charge in [-0.15, -0.1) is 0 Å². The number of nitrogens with zero attached hydrogens (tertiary/aromatic N) is 1. The Labute approximate surface area is 125 Å². The van der Waals surface area contributed by atoms with Gasteiger partial charge in [-0.05, 0) is 24.5 Å². The van der Waals surface area contributed by atoms with E-state index in [1.165, 1.54) is 11.3 Å². The van der Waals surface area contributed by atoms with Gasteiger partial charge >= 0.3 is 0 Å². The van der Waals surface area contributed by atoms with Crippen molar-refractivity contribution in [2.75, 3.05) is 38.0 Å². The van der Waals surface area contributed by atoms with Crippen molar-refractivity contribution in [3.63, 3.8) is 0 Å². The maximum absolute atomic E-state index is 12.5. The number of likely N-dealkylation sites (tertiary alicyclic amines) is 1. The van der Waals surface area contributed by atoms with Gasteiger partial charge in [-0.1, -0.05) is 18.2 Å². The molecule has 5 heteroatoms. The SMILES string of the molecule is O=C(C1CNNC1)N1CCC2(CC1)CNc1ccccc12. The minimum Gasteiger partial charge on any atom is -0.384 e. The first kappa shape index (κ1) is 13.1. The molecule has 0 bridgehead atoms. The third-order valence-corrected chi connectivity index (χ3v) is 5.32. The van der Waals surface area contributed by atoms with Crippen LogP contribution in [0.5, 0.6) is 0 Å². The summed E-state index contributed by atoms with van der Waals surface area (Å²) in [7, 11) is 0. The summed E-state index contributed by atoms with van der Waals surface area (Å²) in [4.78, 5) is 14.5. The van der Waals surface area contributed by atoms with E-state index in [0.29, 0.717) is 5.91 Å². The molecule has 1 aromatic rings. The number of anilines is 1. The predicted octanol–water partition coefficient (Wildman–Crippen LogP) is 0.696. The Balaban J connectivity index is 1.46. The number of hydrazine groups is 1. The molecule has 1 aromatic carbocycles. The molecule has 0 aliphatic carbocycles. The monoisotopic (exact) mass is 286 g/mol. The highest BCUT2D eigenvalue weighted by Crippen LogP contribution is 2.43. The predicted molar refractivity (Wildman–Crippen MR) is 81.9 cm³/mol. The summed E-state index contributed by atoms with van der Waals surface area (Å²) in [6, 6.07) is 8.62. The fraction of sp³-hybridized carbons (Fsp3) is 0.562. The van der Waals surface area contributed by atoms with Crippen LogP contribution in [0.4, 0.5) is 5.69 Å². The lowest BCUT2D eigenvalue weighted by Gasteiger charge is -2.40. The largest absolute Gasteiger partial charge is 0.384 e. The van der Waals surface area contributed by atoms with E-state index in [2.05, 4.69) is 45.3 Å². The van der Waals surface area contributed by atoms with Crippen molar-refractivity contribution in [3.05, 3.63) is 29.8 Å². The van der Waals surface area contributed by atoms with Crippen molar-refractivity contribution in [1.82, 2.24) is 15.8 Å². The first-order valence-electron chi connectivity index (χ1n) is 7.86. The summed E-state index contributed by atoms with van der Waals surface area (Å²) >= 11 is 0. The fourth-order valence-corrected chi connectivity index (χ4v) is 3.96. The number of fused-ring (bicyclic) bond motifs is 2. The van der Waals surface area contributed by atoms with Crippen LogP contribution in [-0.4, -0.2) is 43.5 Å². The zero-order valence-corrected chi connectivity index (χ0v) is 12.2. The summed E-state index contributed by atoms with van der Waals surface area (Å²) in [6.45, 7) is 4.29. The molecule has 3 aliphatic heterocycles. The minimum absolute atomic E-state index is 0.105. The van der Waals surface area contributed by atoms with E-state index in [4.69, 9.17) is 0 Å². The average Bonchev–Trinajstić information content (AvgIpc) is 3.17. The molecular formula is C16H22N4O. The third kappa shape index (κ3) is 2.12. The molecule has 0 saturated carbocycles. The molecule has 112 valence electrons. The van der Waals surface area contributed by atoms with Gasteiger partial charge in [0.25, 0.3) is 0 Å². The zero-order valence-electron chi connectivity index (χ0n) is 12.2. The van der Waals surface area contributed by atoms with Gasteiger partial charge in [-0.2, -0.15) is 0 Å². The number of carbonyl (C=O) groups excluding carboxylic acids is 1. The van der Waals surface area contributed by atoms with Crippen molar-refractivity contribution < 1.29 is 4.79 Å². The van der Waals surface area contributed by atoms with Crippen molar-refractivity contribution in [1.29, 1.82) is 0 Å². The van der Waals surface area contributed by atoms with Crippen molar-refractivity contribution in [2.45, 2.75) is 18.3 Å². The molecule has 0 aromatic heterocycles. The van der Waals surface area contributed by atoms with Gasteiger partial charge in [0.1, 0.15) is 0 Å². The van der Waals surface area contributed by atoms with Crippen LogP contribution in [0.25, 0.3) is 0 Å². The Hall–Kier alpha value is -1.59. The Kier molecular flexibility index (Phi) is 3.12. The van der Waals surface area contributed by atoms with Crippen LogP contribution in [0, 0.1) is 5.92 Å². The number of benzene rings is 1. The molecule has 1 spiro atoms. The topological polar surface area (TPSA) is 56.4 Å². The molecule has 0 atom stereocenters. The Morgan fingerprint density at radius 2 is 1.86 bits per heavy atom. The molecule has 0 unspecified atom stereocenters. The third-order valence-electron chi connectivity index (χ3n) is 5.32. The number of hydrogen-bond acceptors (Lipinski definition) is 4. The minimum atomic E-state index is 0.105. The molecule has 3 aliphatic rings. The first-order chi connectivity index (χ1) is 10.3. The van der Waals surface area contributed by atoms with Crippen LogP contribution in [0.3, 0.4) is 0 Å². The van der Waals surface area contributed by atoms with E-state index in [9.17, 15) is 4.79 Å². The van der Waals surface area contributed by atoms with Crippen LogP contribution in [0.1, 0.15) is 18.4 Å². The highest BCUT2D eigenvalue weighted by Gasteiger charge is 2.42. The van der Waals surface area contributed by atoms with Crippen LogP contribution < -0.4 is 16.2 Å². The van der Waals surface area contributed by atoms with Crippen LogP contribution in [-0.2, 0) is 10.2 Å². The Morgan fingerprint density at radius 3 is 2.62 bits per heavy atom. The fourth-order valence-electron chi connectivity index (χ4n) is 3.96. The summed E-state index contributed by atoms with van der Waals surface area (Å²) in [6.07, 6.45) is 2.13. The van der Waals surface area contributed by atoms with Gasteiger partial charge in [-0.3, -0.25) is 15.6 Å². The number of carbonyl (C=O) groups is 1.